The number of aromatic carboxylic acids is 1. The minimum Gasteiger partial charge on any atom is -0.478 e. The van der Waals surface area contributed by atoms with E-state index in [2.05, 4.69) is 25.2 Å². The first-order chi connectivity index (χ1) is 14.0. The minimum atomic E-state index is -1.11. The number of anilines is 2. The number of carbonyl (C=O) groups excluding carboxylic acids is 1. The highest BCUT2D eigenvalue weighted by atomic mass is 16.4. The van der Waals surface area contributed by atoms with Crippen molar-refractivity contribution < 1.29 is 14.7 Å². The number of ketones is 1. The van der Waals surface area contributed by atoms with Crippen LogP contribution in [0.4, 0.5) is 11.8 Å². The van der Waals surface area contributed by atoms with E-state index in [0.29, 0.717) is 12.1 Å². The quantitative estimate of drug-likeness (QED) is 0.515. The van der Waals surface area contributed by atoms with Gasteiger partial charge in [0.05, 0.1) is 17.2 Å². The van der Waals surface area contributed by atoms with E-state index in [1.807, 2.05) is 0 Å². The second-order valence-corrected chi connectivity index (χ2v) is 7.44. The van der Waals surface area contributed by atoms with Gasteiger partial charge in [-0.25, -0.2) is 9.78 Å². The van der Waals surface area contributed by atoms with E-state index >= 15 is 0 Å². The Hall–Kier alpha value is -3.07. The smallest absolute Gasteiger partial charge is 0.337 e. The van der Waals surface area contributed by atoms with E-state index in [9.17, 15) is 14.7 Å². The standard InChI is InChI=1S/C20H24N6O3/c21-20-24-16-14(17(27)12-9-13(19(28)29)11-23-10-12)3-1-2-4-15(16)18(25-20)26-7-5-22-6-8-26/h9-11,14,22H,1-8H2,(H,28,29)(H2,21,24,25). The fourth-order valence-electron chi connectivity index (χ4n) is 4.11. The third kappa shape index (κ3) is 3.91. The molecule has 1 saturated heterocycles. The van der Waals surface area contributed by atoms with Crippen molar-refractivity contribution in [2.75, 3.05) is 36.8 Å². The van der Waals surface area contributed by atoms with Gasteiger partial charge in [-0.3, -0.25) is 9.78 Å². The van der Waals surface area contributed by atoms with Crippen LogP contribution in [0.5, 0.6) is 0 Å². The Labute approximate surface area is 168 Å². The first kappa shape index (κ1) is 19.3. The van der Waals surface area contributed by atoms with Crippen molar-refractivity contribution in [1.82, 2.24) is 20.3 Å². The summed E-state index contributed by atoms with van der Waals surface area (Å²) in [7, 11) is 0. The summed E-state index contributed by atoms with van der Waals surface area (Å²) in [6.45, 7) is 3.39. The number of hydrogen-bond acceptors (Lipinski definition) is 8. The van der Waals surface area contributed by atoms with Crippen LogP contribution in [0.15, 0.2) is 18.5 Å². The maximum atomic E-state index is 13.3. The fourth-order valence-corrected chi connectivity index (χ4v) is 4.11. The van der Waals surface area contributed by atoms with Gasteiger partial charge in [-0.05, 0) is 25.3 Å². The van der Waals surface area contributed by atoms with Crippen LogP contribution in [-0.2, 0) is 6.42 Å². The number of aromatic nitrogens is 3. The molecule has 2 aliphatic rings. The molecule has 0 amide bonds. The molecule has 4 rings (SSSR count). The zero-order valence-corrected chi connectivity index (χ0v) is 16.1. The van der Waals surface area contributed by atoms with E-state index in [-0.39, 0.29) is 22.9 Å². The molecule has 1 aliphatic carbocycles. The van der Waals surface area contributed by atoms with Gasteiger partial charge in [0.15, 0.2) is 5.78 Å². The highest BCUT2D eigenvalue weighted by molar-refractivity contribution is 6.02. The van der Waals surface area contributed by atoms with Gasteiger partial charge in [0.2, 0.25) is 5.95 Å². The third-order valence-corrected chi connectivity index (χ3v) is 5.54. The van der Waals surface area contributed by atoms with Crippen molar-refractivity contribution in [2.24, 2.45) is 0 Å². The summed E-state index contributed by atoms with van der Waals surface area (Å²) in [5, 5.41) is 12.6. The van der Waals surface area contributed by atoms with Gasteiger partial charge in [0.25, 0.3) is 0 Å². The van der Waals surface area contributed by atoms with E-state index in [4.69, 9.17) is 5.73 Å². The molecule has 0 saturated carbocycles. The van der Waals surface area contributed by atoms with Crippen LogP contribution in [0.1, 0.15) is 57.2 Å². The molecule has 0 radical (unpaired) electrons. The maximum Gasteiger partial charge on any atom is 0.337 e. The van der Waals surface area contributed by atoms with Crippen LogP contribution in [-0.4, -0.2) is 58.0 Å². The molecular weight excluding hydrogens is 372 g/mol. The molecule has 1 aliphatic heterocycles. The molecule has 9 nitrogen and oxygen atoms in total. The zero-order chi connectivity index (χ0) is 20.4. The molecule has 2 aromatic heterocycles. The van der Waals surface area contributed by atoms with Crippen LogP contribution < -0.4 is 16.0 Å². The van der Waals surface area contributed by atoms with Crippen LogP contribution in [0.3, 0.4) is 0 Å². The van der Waals surface area contributed by atoms with Crippen LogP contribution in [0.2, 0.25) is 0 Å². The summed E-state index contributed by atoms with van der Waals surface area (Å²) < 4.78 is 0. The monoisotopic (exact) mass is 396 g/mol. The van der Waals surface area contributed by atoms with Gasteiger partial charge in [0.1, 0.15) is 5.82 Å². The Balaban J connectivity index is 1.75. The Morgan fingerprint density at radius 2 is 1.90 bits per heavy atom. The van der Waals surface area contributed by atoms with Crippen molar-refractivity contribution >= 4 is 23.5 Å². The number of carbonyl (C=O) groups is 2. The largest absolute Gasteiger partial charge is 0.478 e. The second kappa shape index (κ2) is 8.12. The van der Waals surface area contributed by atoms with Gasteiger partial charge in [0, 0.05) is 49.7 Å². The lowest BCUT2D eigenvalue weighted by Crippen LogP contribution is -2.44. The van der Waals surface area contributed by atoms with E-state index < -0.39 is 11.9 Å². The fraction of sp³-hybridized carbons (Fsp3) is 0.450. The number of piperazine rings is 1. The topological polar surface area (TPSA) is 134 Å². The van der Waals surface area contributed by atoms with Crippen molar-refractivity contribution in [2.45, 2.75) is 31.6 Å². The molecule has 1 unspecified atom stereocenters. The Kier molecular flexibility index (Phi) is 5.39. The van der Waals surface area contributed by atoms with Crippen LogP contribution in [0, 0.1) is 0 Å². The maximum absolute atomic E-state index is 13.3. The highest BCUT2D eigenvalue weighted by Crippen LogP contribution is 2.36. The normalized spacial score (nSPS) is 19.3. The van der Waals surface area contributed by atoms with Crippen molar-refractivity contribution in [1.29, 1.82) is 0 Å². The Bertz CT molecular complexity index is 942. The van der Waals surface area contributed by atoms with Crippen LogP contribution in [0.25, 0.3) is 0 Å². The summed E-state index contributed by atoms with van der Waals surface area (Å²) >= 11 is 0. The minimum absolute atomic E-state index is 0.00611. The number of nitrogens with zero attached hydrogens (tertiary/aromatic N) is 4. The van der Waals surface area contributed by atoms with Crippen molar-refractivity contribution in [3.63, 3.8) is 0 Å². The summed E-state index contributed by atoms with van der Waals surface area (Å²) in [5.74, 6) is -0.778. The molecule has 9 heteroatoms. The van der Waals surface area contributed by atoms with Crippen molar-refractivity contribution in [3.05, 3.63) is 40.8 Å². The molecule has 4 N–H and O–H groups in total. The molecule has 2 aromatic rings. The van der Waals surface area contributed by atoms with Crippen LogP contribution >= 0.6 is 0 Å². The number of nitrogens with one attached hydrogen (secondary N) is 1. The SMILES string of the molecule is Nc1nc2c(c(N3CCNCC3)n1)CCCCC2C(=O)c1cncc(C(=O)O)c1. The van der Waals surface area contributed by atoms with E-state index in [1.165, 1.54) is 18.5 Å². The van der Waals surface area contributed by atoms with Gasteiger partial charge in [-0.2, -0.15) is 4.98 Å². The number of nitrogens with two attached hydrogens (primary N) is 1. The lowest BCUT2D eigenvalue weighted by Gasteiger charge is -2.31. The number of carboxylic acids is 1. The highest BCUT2D eigenvalue weighted by Gasteiger charge is 2.32. The predicted molar refractivity (Wildman–Crippen MR) is 107 cm³/mol. The second-order valence-electron chi connectivity index (χ2n) is 7.44. The Morgan fingerprint density at radius 1 is 1.14 bits per heavy atom. The number of fused-ring (bicyclic) bond motifs is 1. The van der Waals surface area contributed by atoms with Crippen molar-refractivity contribution in [3.8, 4) is 0 Å². The number of carboxylic acid groups (broad SMARTS) is 1. The first-order valence-corrected chi connectivity index (χ1v) is 9.89. The molecule has 3 heterocycles. The molecule has 29 heavy (non-hydrogen) atoms. The van der Waals surface area contributed by atoms with E-state index in [0.717, 1.165) is 56.8 Å². The molecule has 1 atom stereocenters. The summed E-state index contributed by atoms with van der Waals surface area (Å²) in [5.41, 5.74) is 7.98. The summed E-state index contributed by atoms with van der Waals surface area (Å²) in [6.07, 6.45) is 5.91. The lowest BCUT2D eigenvalue weighted by atomic mass is 9.90. The average molecular weight is 396 g/mol. The number of nitrogen functional groups attached to an aromatic ring is 1. The molecule has 0 aromatic carbocycles. The lowest BCUT2D eigenvalue weighted by molar-refractivity contribution is 0.0696. The van der Waals surface area contributed by atoms with Gasteiger partial charge >= 0.3 is 5.97 Å². The average Bonchev–Trinajstić information content (AvgIpc) is 2.95. The molecular formula is C20H24N6O3. The molecule has 0 bridgehead atoms. The predicted octanol–water partition coefficient (Wildman–Crippen LogP) is 1.25. The van der Waals surface area contributed by atoms with Gasteiger partial charge in [-0.1, -0.05) is 6.42 Å². The molecule has 152 valence electrons. The Morgan fingerprint density at radius 3 is 2.66 bits per heavy atom. The first-order valence-electron chi connectivity index (χ1n) is 9.89. The number of hydrogen-bond donors (Lipinski definition) is 3. The third-order valence-electron chi connectivity index (χ3n) is 5.54. The van der Waals surface area contributed by atoms with E-state index in [1.54, 1.807) is 0 Å². The molecule has 1 fully saturated rings. The number of rotatable bonds is 4. The number of Topliss-reactive ketones (excluding diaryl/α,β-unsaturated/α-hetero) is 1. The van der Waals surface area contributed by atoms with Gasteiger partial charge in [-0.15, -0.1) is 0 Å². The number of pyridine rings is 1. The molecule has 0 spiro atoms. The summed E-state index contributed by atoms with van der Waals surface area (Å²) in [6, 6.07) is 1.38. The zero-order valence-electron chi connectivity index (χ0n) is 16.1. The van der Waals surface area contributed by atoms with Gasteiger partial charge < -0.3 is 21.1 Å². The summed E-state index contributed by atoms with van der Waals surface area (Å²) in [4.78, 5) is 39.7.